The molecular formula is C39H26N4. The summed E-state index contributed by atoms with van der Waals surface area (Å²) >= 11 is 0. The van der Waals surface area contributed by atoms with Crippen LogP contribution in [0, 0.1) is 0 Å². The van der Waals surface area contributed by atoms with E-state index in [1.165, 1.54) is 10.6 Å². The first-order valence-corrected chi connectivity index (χ1v) is 13.3. The minimum atomic E-state index is -0.651. The van der Waals surface area contributed by atoms with E-state index in [-0.39, 0.29) is 61.7 Å². The number of benzene rings is 6. The summed E-state index contributed by atoms with van der Waals surface area (Å²) in [5.41, 5.74) is 0.536. The van der Waals surface area contributed by atoms with Gasteiger partial charge in [-0.05, 0) is 23.7 Å². The van der Waals surface area contributed by atoms with Gasteiger partial charge in [-0.1, -0.05) is 139 Å². The van der Waals surface area contributed by atoms with Crippen molar-refractivity contribution in [2.24, 2.45) is 0 Å². The minimum Gasteiger partial charge on any atom is -0.308 e. The van der Waals surface area contributed by atoms with Crippen LogP contribution in [0.15, 0.2) is 157 Å². The molecule has 2 heterocycles. The van der Waals surface area contributed by atoms with E-state index in [0.29, 0.717) is 11.1 Å². The van der Waals surface area contributed by atoms with Gasteiger partial charge in [-0.25, -0.2) is 15.0 Å². The van der Waals surface area contributed by atoms with Gasteiger partial charge in [0.1, 0.15) is 0 Å². The van der Waals surface area contributed by atoms with Crippen molar-refractivity contribution in [1.82, 2.24) is 19.5 Å². The molecule has 0 amide bonds. The van der Waals surface area contributed by atoms with Crippen molar-refractivity contribution < 1.29 is 17.8 Å². The summed E-state index contributed by atoms with van der Waals surface area (Å²) in [6.07, 6.45) is 0. The second-order valence-corrected chi connectivity index (χ2v) is 9.52. The van der Waals surface area contributed by atoms with Gasteiger partial charge in [0.25, 0.3) is 0 Å². The molecule has 4 heteroatoms. The van der Waals surface area contributed by atoms with E-state index in [0.717, 1.165) is 0 Å². The first kappa shape index (κ1) is 14.9. The molecule has 4 nitrogen and oxygen atoms in total. The number of hydrogen-bond donors (Lipinski definition) is 0. The van der Waals surface area contributed by atoms with Crippen molar-refractivity contribution in [3.05, 3.63) is 157 Å². The maximum absolute atomic E-state index is 9.19. The molecule has 8 aromatic rings. The van der Waals surface area contributed by atoms with Gasteiger partial charge >= 0.3 is 0 Å². The summed E-state index contributed by atoms with van der Waals surface area (Å²) in [5, 5.41) is -0.407. The topological polar surface area (TPSA) is 43.6 Å². The molecule has 0 radical (unpaired) electrons. The Morgan fingerprint density at radius 2 is 0.907 bits per heavy atom. The fourth-order valence-corrected chi connectivity index (χ4v) is 5.12. The molecule has 8 rings (SSSR count). The molecule has 6 aromatic carbocycles. The summed E-state index contributed by atoms with van der Waals surface area (Å²) in [7, 11) is 0. The highest BCUT2D eigenvalue weighted by molar-refractivity contribution is 6.10. The van der Waals surface area contributed by atoms with E-state index in [4.69, 9.17) is 30.0 Å². The number of para-hydroxylation sites is 3. The lowest BCUT2D eigenvalue weighted by Gasteiger charge is -2.19. The molecule has 0 saturated carbocycles. The first-order chi connectivity index (χ1) is 26.7. The Morgan fingerprint density at radius 1 is 0.419 bits per heavy atom. The van der Waals surface area contributed by atoms with E-state index in [1.54, 1.807) is 36.4 Å². The van der Waals surface area contributed by atoms with Crippen molar-refractivity contribution in [2.75, 3.05) is 0 Å². The van der Waals surface area contributed by atoms with Crippen molar-refractivity contribution in [2.45, 2.75) is 0 Å². The predicted molar refractivity (Wildman–Crippen MR) is 176 cm³/mol. The Morgan fingerprint density at radius 3 is 1.49 bits per heavy atom. The molecule has 0 saturated heterocycles. The maximum atomic E-state index is 9.19. The largest absolute Gasteiger partial charge is 0.308 e. The van der Waals surface area contributed by atoms with Gasteiger partial charge in [0.15, 0.2) is 17.5 Å². The number of fused-ring (bicyclic) bond motifs is 3. The Hall–Kier alpha value is -5.87. The Labute approximate surface area is 267 Å². The molecule has 43 heavy (non-hydrogen) atoms. The minimum absolute atomic E-state index is 0.0126. The summed E-state index contributed by atoms with van der Waals surface area (Å²) in [6, 6.07) is 14.8. The smallest absolute Gasteiger partial charge is 0.166 e. The van der Waals surface area contributed by atoms with Gasteiger partial charge in [-0.2, -0.15) is 0 Å². The maximum Gasteiger partial charge on any atom is 0.166 e. The third kappa shape index (κ3) is 4.37. The van der Waals surface area contributed by atoms with Crippen LogP contribution in [0.5, 0.6) is 0 Å². The van der Waals surface area contributed by atoms with Gasteiger partial charge in [0.05, 0.1) is 34.5 Å². The number of nitrogens with zero attached hydrogens (tertiary/aromatic N) is 4. The van der Waals surface area contributed by atoms with Gasteiger partial charge in [-0.3, -0.25) is 0 Å². The van der Waals surface area contributed by atoms with Crippen LogP contribution in [0.3, 0.4) is 0 Å². The third-order valence-corrected chi connectivity index (χ3v) is 7.00. The lowest BCUT2D eigenvalue weighted by molar-refractivity contribution is 1.06. The zero-order chi connectivity index (χ0) is 39.9. The van der Waals surface area contributed by atoms with E-state index in [2.05, 4.69) is 0 Å². The number of hydrogen-bond acceptors (Lipinski definition) is 3. The molecule has 0 aliphatic carbocycles. The van der Waals surface area contributed by atoms with E-state index >= 15 is 0 Å². The number of rotatable bonds is 5. The zero-order valence-corrected chi connectivity index (χ0v) is 22.3. The second kappa shape index (κ2) is 10.5. The molecule has 0 aliphatic heterocycles. The lowest BCUT2D eigenvalue weighted by atomic mass is 9.98. The van der Waals surface area contributed by atoms with Crippen LogP contribution in [-0.2, 0) is 0 Å². The fraction of sp³-hybridized carbons (Fsp3) is 0. The van der Waals surface area contributed by atoms with Gasteiger partial charge in [0, 0.05) is 33.0 Å². The van der Waals surface area contributed by atoms with Gasteiger partial charge in [-0.15, -0.1) is 0 Å². The van der Waals surface area contributed by atoms with Crippen LogP contribution < -0.4 is 0 Å². The summed E-state index contributed by atoms with van der Waals surface area (Å²) in [5.74, 6) is 0.512. The Kier molecular flexibility index (Phi) is 3.63. The van der Waals surface area contributed by atoms with Crippen LogP contribution in [0.25, 0.3) is 72.8 Å². The van der Waals surface area contributed by atoms with Crippen LogP contribution in [0.1, 0.15) is 17.8 Å². The highest BCUT2D eigenvalue weighted by atomic mass is 15.1. The van der Waals surface area contributed by atoms with Crippen LogP contribution >= 0.6 is 0 Å². The first-order valence-electron chi connectivity index (χ1n) is 19.8. The van der Waals surface area contributed by atoms with Gasteiger partial charge in [0.2, 0.25) is 0 Å². The standard InChI is InChI=1S/C39H26N4/c1-4-15-27(16-5-1)30-23-14-24-33(36(30)43-34-25-12-10-21-31(34)32-22-11-13-26-35(32)43)39-41-37(28-17-6-2-7-18-28)40-38(42-39)29-19-8-3-9-20-29/h1-26H/i1D,4D,5D,10D,11D,12D,13D,15D,16D,21D,22D,25D,26D. The molecule has 2 aromatic heterocycles. The molecule has 0 atom stereocenters. The fourth-order valence-electron chi connectivity index (χ4n) is 5.12. The van der Waals surface area contributed by atoms with E-state index < -0.39 is 78.6 Å². The highest BCUT2D eigenvalue weighted by Gasteiger charge is 2.22. The normalized spacial score (nSPS) is 15.5. The van der Waals surface area contributed by atoms with Crippen molar-refractivity contribution >= 4 is 21.8 Å². The molecule has 0 spiro atoms. The molecule has 0 unspecified atom stereocenters. The molecule has 0 fully saturated rings. The van der Waals surface area contributed by atoms with Gasteiger partial charge < -0.3 is 4.57 Å². The highest BCUT2D eigenvalue weighted by Crippen LogP contribution is 2.40. The monoisotopic (exact) mass is 563 g/mol. The third-order valence-electron chi connectivity index (χ3n) is 7.00. The van der Waals surface area contributed by atoms with Crippen molar-refractivity contribution in [1.29, 1.82) is 0 Å². The molecular weight excluding hydrogens is 524 g/mol. The van der Waals surface area contributed by atoms with Crippen molar-refractivity contribution in [3.8, 4) is 51.0 Å². The SMILES string of the molecule is [2H]c1c([2H])c([2H])c(-c2cccc(-c3nc(-c4ccccc4)nc(-c4ccccc4)n3)c2-n2c3c([2H])c([2H])c([2H])c([2H])c3c3c([2H])c([2H])c([2H])c([2H])c32)c([2H])c1[2H]. The Bertz CT molecular complexity index is 2790. The van der Waals surface area contributed by atoms with Crippen LogP contribution in [0.2, 0.25) is 0 Å². The molecule has 202 valence electrons. The van der Waals surface area contributed by atoms with Crippen LogP contribution in [0.4, 0.5) is 0 Å². The summed E-state index contributed by atoms with van der Waals surface area (Å²) in [6.45, 7) is 0. The second-order valence-electron chi connectivity index (χ2n) is 9.52. The average Bonchev–Trinajstić information content (AvgIpc) is 3.58. The Balaban J connectivity index is 1.65. The predicted octanol–water partition coefficient (Wildman–Crippen LogP) is 9.64. The van der Waals surface area contributed by atoms with E-state index in [9.17, 15) is 2.74 Å². The zero-order valence-electron chi connectivity index (χ0n) is 35.3. The van der Waals surface area contributed by atoms with Crippen LogP contribution in [-0.4, -0.2) is 19.5 Å². The molecule has 0 aliphatic rings. The van der Waals surface area contributed by atoms with Crippen molar-refractivity contribution in [3.63, 3.8) is 0 Å². The lowest BCUT2D eigenvalue weighted by Crippen LogP contribution is -2.05. The summed E-state index contributed by atoms with van der Waals surface area (Å²) in [4.78, 5) is 14.5. The summed E-state index contributed by atoms with van der Waals surface area (Å²) < 4.78 is 115. The molecule has 0 bridgehead atoms. The molecule has 0 N–H and O–H groups in total. The quantitative estimate of drug-likeness (QED) is 0.209. The number of aromatic nitrogens is 4. The average molecular weight is 564 g/mol. The van der Waals surface area contributed by atoms with E-state index in [1.807, 2.05) is 36.4 Å².